The van der Waals surface area contributed by atoms with Gasteiger partial charge in [0.25, 0.3) is 0 Å². The summed E-state index contributed by atoms with van der Waals surface area (Å²) in [6.45, 7) is 4.28. The Bertz CT molecular complexity index is 674. The Morgan fingerprint density at radius 2 is 1.91 bits per heavy atom. The summed E-state index contributed by atoms with van der Waals surface area (Å²) in [7, 11) is 0. The van der Waals surface area contributed by atoms with Gasteiger partial charge in [-0.2, -0.15) is 4.99 Å². The first-order valence-electron chi connectivity index (χ1n) is 8.25. The zero-order chi connectivity index (χ0) is 16.6. The molecule has 1 fully saturated rings. The fraction of sp³-hybridized carbons (Fsp3) is 0.529. The number of anilines is 1. The van der Waals surface area contributed by atoms with Crippen molar-refractivity contribution in [3.63, 3.8) is 0 Å². The Morgan fingerprint density at radius 3 is 2.57 bits per heavy atom. The summed E-state index contributed by atoms with van der Waals surface area (Å²) in [6, 6.07) is 4.29. The summed E-state index contributed by atoms with van der Waals surface area (Å²) < 4.78 is 1.09. The van der Waals surface area contributed by atoms with Crippen LogP contribution in [0.2, 0.25) is 0 Å². The van der Waals surface area contributed by atoms with Gasteiger partial charge in [0.2, 0.25) is 11.9 Å². The molecule has 0 unspecified atom stereocenters. The summed E-state index contributed by atoms with van der Waals surface area (Å²) in [5, 5.41) is 0. The van der Waals surface area contributed by atoms with Gasteiger partial charge in [-0.1, -0.05) is 29.3 Å². The van der Waals surface area contributed by atoms with Crippen molar-refractivity contribution in [2.45, 2.75) is 58.0 Å². The van der Waals surface area contributed by atoms with Gasteiger partial charge in [-0.25, -0.2) is 4.99 Å². The van der Waals surface area contributed by atoms with Crippen molar-refractivity contribution in [3.05, 3.63) is 27.7 Å². The van der Waals surface area contributed by atoms with E-state index >= 15 is 0 Å². The molecule has 0 bridgehead atoms. The van der Waals surface area contributed by atoms with Crippen molar-refractivity contribution in [1.29, 1.82) is 0 Å². The smallest absolute Gasteiger partial charge is 0.220 e. The maximum Gasteiger partial charge on any atom is 0.220 e. The van der Waals surface area contributed by atoms with E-state index in [-0.39, 0.29) is 5.66 Å². The molecule has 5 nitrogen and oxygen atoms in total. The van der Waals surface area contributed by atoms with Crippen LogP contribution in [0, 0.1) is 6.92 Å². The number of benzene rings is 1. The van der Waals surface area contributed by atoms with Gasteiger partial charge in [-0.3, -0.25) is 4.90 Å². The predicted octanol–water partition coefficient (Wildman–Crippen LogP) is 3.43. The van der Waals surface area contributed by atoms with Crippen LogP contribution in [0.15, 0.2) is 26.6 Å². The molecule has 1 aromatic carbocycles. The summed E-state index contributed by atoms with van der Waals surface area (Å²) in [5.74, 6) is 0.757. The van der Waals surface area contributed by atoms with Gasteiger partial charge in [0.1, 0.15) is 5.66 Å². The van der Waals surface area contributed by atoms with E-state index in [1.54, 1.807) is 0 Å². The highest BCUT2D eigenvalue weighted by molar-refractivity contribution is 9.10. The highest BCUT2D eigenvalue weighted by Crippen LogP contribution is 2.42. The van der Waals surface area contributed by atoms with Crippen LogP contribution in [0.25, 0.3) is 0 Å². The molecule has 1 heterocycles. The zero-order valence-electron chi connectivity index (χ0n) is 13.8. The fourth-order valence-corrected chi connectivity index (χ4v) is 4.46. The first-order chi connectivity index (χ1) is 11.0. The number of nitrogens with two attached hydrogens (primary N) is 2. The largest absolute Gasteiger partial charge is 0.369 e. The number of aliphatic imine (C=N–C) groups is 2. The molecule has 23 heavy (non-hydrogen) atoms. The van der Waals surface area contributed by atoms with Crippen LogP contribution in [0.5, 0.6) is 0 Å². The van der Waals surface area contributed by atoms with E-state index in [4.69, 9.17) is 16.5 Å². The number of hydrogen-bond donors (Lipinski definition) is 2. The lowest BCUT2D eigenvalue weighted by molar-refractivity contribution is 0.305. The van der Waals surface area contributed by atoms with Crippen LogP contribution in [-0.2, 0) is 6.42 Å². The molecule has 3 rings (SSSR count). The number of halogens is 1. The lowest BCUT2D eigenvalue weighted by Crippen LogP contribution is -2.58. The quantitative estimate of drug-likeness (QED) is 0.828. The second kappa shape index (κ2) is 6.15. The van der Waals surface area contributed by atoms with Crippen molar-refractivity contribution in [3.8, 4) is 0 Å². The number of hydrogen-bond acceptors (Lipinski definition) is 5. The third kappa shape index (κ3) is 2.84. The summed E-state index contributed by atoms with van der Waals surface area (Å²) >= 11 is 3.60. The highest BCUT2D eigenvalue weighted by atomic mass is 79.9. The monoisotopic (exact) mass is 377 g/mol. The second-order valence-corrected chi connectivity index (χ2v) is 7.32. The molecule has 0 aromatic heterocycles. The van der Waals surface area contributed by atoms with Crippen molar-refractivity contribution < 1.29 is 0 Å². The molecule has 4 N–H and O–H groups in total. The number of guanidine groups is 2. The molecule has 0 amide bonds. The van der Waals surface area contributed by atoms with Gasteiger partial charge < -0.3 is 11.5 Å². The minimum Gasteiger partial charge on any atom is -0.369 e. The Labute approximate surface area is 146 Å². The standard InChI is InChI=1S/C17H24BrN5/c1-3-12-10-13(18)9-11(2)14(12)23-16(20)21-15(19)22-17(23)7-5-4-6-8-17/h9-10H,3-8H2,1-2H3,(H4,19,20,21,22). The highest BCUT2D eigenvalue weighted by Gasteiger charge is 2.43. The lowest BCUT2D eigenvalue weighted by Gasteiger charge is -2.46. The van der Waals surface area contributed by atoms with Crippen molar-refractivity contribution in [2.75, 3.05) is 4.90 Å². The number of rotatable bonds is 2. The Balaban J connectivity index is 2.18. The first kappa shape index (κ1) is 16.3. The third-order valence-corrected chi connectivity index (χ3v) is 5.26. The number of aryl methyl sites for hydroxylation is 2. The van der Waals surface area contributed by atoms with Gasteiger partial charge in [-0.15, -0.1) is 0 Å². The molecule has 1 aliphatic carbocycles. The minimum absolute atomic E-state index is 0.300. The average molecular weight is 378 g/mol. The van der Waals surface area contributed by atoms with E-state index in [1.165, 1.54) is 17.5 Å². The van der Waals surface area contributed by atoms with Crippen LogP contribution < -0.4 is 16.4 Å². The topological polar surface area (TPSA) is 80.0 Å². The minimum atomic E-state index is -0.378. The zero-order valence-corrected chi connectivity index (χ0v) is 15.4. The molecule has 1 spiro atoms. The van der Waals surface area contributed by atoms with Crippen molar-refractivity contribution >= 4 is 33.5 Å². The molecule has 124 valence electrons. The molecule has 6 heteroatoms. The maximum atomic E-state index is 6.34. The fourth-order valence-electron chi connectivity index (χ4n) is 3.84. The first-order valence-corrected chi connectivity index (χ1v) is 9.05. The normalized spacial score (nSPS) is 20.4. The molecule has 2 aliphatic rings. The van der Waals surface area contributed by atoms with Crippen molar-refractivity contribution in [2.24, 2.45) is 21.5 Å². The third-order valence-electron chi connectivity index (χ3n) is 4.80. The SMILES string of the molecule is CCc1cc(Br)cc(C)c1N1C(N)=NC(N)=NC12CCCCC2. The van der Waals surface area contributed by atoms with Gasteiger partial charge in [-0.05, 0) is 62.3 Å². The number of nitrogens with zero attached hydrogens (tertiary/aromatic N) is 3. The summed E-state index contributed by atoms with van der Waals surface area (Å²) in [5.41, 5.74) is 15.5. The molecule has 0 saturated heterocycles. The van der Waals surface area contributed by atoms with E-state index < -0.39 is 0 Å². The molecule has 1 aliphatic heterocycles. The van der Waals surface area contributed by atoms with E-state index in [0.717, 1.165) is 42.3 Å². The lowest BCUT2D eigenvalue weighted by atomic mass is 9.86. The van der Waals surface area contributed by atoms with Crippen LogP contribution in [-0.4, -0.2) is 17.6 Å². The van der Waals surface area contributed by atoms with Crippen LogP contribution in [0.3, 0.4) is 0 Å². The van der Waals surface area contributed by atoms with Gasteiger partial charge >= 0.3 is 0 Å². The molecular weight excluding hydrogens is 354 g/mol. The van der Waals surface area contributed by atoms with E-state index in [9.17, 15) is 0 Å². The van der Waals surface area contributed by atoms with Crippen LogP contribution >= 0.6 is 15.9 Å². The van der Waals surface area contributed by atoms with Crippen LogP contribution in [0.1, 0.15) is 50.2 Å². The Kier molecular flexibility index (Phi) is 4.36. The Morgan fingerprint density at radius 1 is 1.22 bits per heavy atom. The van der Waals surface area contributed by atoms with Gasteiger partial charge in [0.15, 0.2) is 0 Å². The van der Waals surface area contributed by atoms with Crippen LogP contribution in [0.4, 0.5) is 5.69 Å². The summed E-state index contributed by atoms with van der Waals surface area (Å²) in [6.07, 6.45) is 6.36. The molecule has 0 radical (unpaired) electrons. The van der Waals surface area contributed by atoms with Gasteiger partial charge in [0.05, 0.1) is 5.69 Å². The maximum absolute atomic E-state index is 6.34. The van der Waals surface area contributed by atoms with E-state index in [2.05, 4.69) is 51.8 Å². The average Bonchev–Trinajstić information content (AvgIpc) is 2.49. The predicted molar refractivity (Wildman–Crippen MR) is 99.8 cm³/mol. The van der Waals surface area contributed by atoms with E-state index in [1.807, 2.05) is 0 Å². The molecule has 1 aromatic rings. The molecule has 1 saturated carbocycles. The Hall–Kier alpha value is -1.56. The summed E-state index contributed by atoms with van der Waals surface area (Å²) in [4.78, 5) is 11.2. The molecular formula is C17H24BrN5. The van der Waals surface area contributed by atoms with Gasteiger partial charge in [0, 0.05) is 4.47 Å². The van der Waals surface area contributed by atoms with E-state index in [0.29, 0.717) is 11.9 Å². The van der Waals surface area contributed by atoms with Crippen molar-refractivity contribution in [1.82, 2.24) is 0 Å². The molecule has 0 atom stereocenters. The second-order valence-electron chi connectivity index (χ2n) is 6.40.